The Balaban J connectivity index is 1.24. The quantitative estimate of drug-likeness (QED) is 0.761. The van der Waals surface area contributed by atoms with Crippen LogP contribution in [0.5, 0.6) is 0 Å². The van der Waals surface area contributed by atoms with Gasteiger partial charge in [0.15, 0.2) is 0 Å². The molecule has 2 saturated heterocycles. The Bertz CT molecular complexity index is 919. The number of ether oxygens (including phenoxy) is 1. The summed E-state index contributed by atoms with van der Waals surface area (Å²) in [5, 5.41) is 3.01. The summed E-state index contributed by atoms with van der Waals surface area (Å²) in [5.41, 5.74) is 3.00. The van der Waals surface area contributed by atoms with Crippen molar-refractivity contribution in [2.45, 2.75) is 26.0 Å². The normalized spacial score (nSPS) is 19.7. The number of aryl methyl sites for hydroxylation is 1. The van der Waals surface area contributed by atoms with E-state index in [0.29, 0.717) is 32.8 Å². The molecule has 0 saturated carbocycles. The van der Waals surface area contributed by atoms with E-state index in [4.69, 9.17) is 4.74 Å². The summed E-state index contributed by atoms with van der Waals surface area (Å²) in [6.07, 6.45) is 0.923. The van der Waals surface area contributed by atoms with Crippen LogP contribution >= 0.6 is 0 Å². The van der Waals surface area contributed by atoms with Crippen LogP contribution in [-0.4, -0.2) is 85.2 Å². The number of nitrogens with zero attached hydrogens (tertiary/aromatic N) is 3. The monoisotopic (exact) mass is 450 g/mol. The molecule has 3 amide bonds. The first-order valence-electron chi connectivity index (χ1n) is 11.8. The van der Waals surface area contributed by atoms with Crippen LogP contribution in [0, 0.1) is 6.92 Å². The van der Waals surface area contributed by atoms with Gasteiger partial charge in [0.05, 0.1) is 12.7 Å². The van der Waals surface area contributed by atoms with Gasteiger partial charge in [-0.25, -0.2) is 4.79 Å². The molecule has 7 heteroatoms. The van der Waals surface area contributed by atoms with Gasteiger partial charge < -0.3 is 19.9 Å². The van der Waals surface area contributed by atoms with E-state index in [2.05, 4.69) is 10.2 Å². The number of urea groups is 1. The standard InChI is InChI=1S/C26H34N4O3/c1-21-8-10-23(11-9-21)25(31)29-13-5-12-28(14-15-29)19-24-20-30(16-17-33-24)26(32)27-18-22-6-3-2-4-7-22/h2-4,6-11,24H,5,12-20H2,1H3,(H,27,32)/t24-/m0/s1. The minimum Gasteiger partial charge on any atom is -0.373 e. The first kappa shape index (κ1) is 23.3. The molecule has 2 aromatic carbocycles. The molecule has 1 N–H and O–H groups in total. The first-order chi connectivity index (χ1) is 16.1. The van der Waals surface area contributed by atoms with Gasteiger partial charge in [-0.2, -0.15) is 0 Å². The van der Waals surface area contributed by atoms with Gasteiger partial charge in [0, 0.05) is 51.4 Å². The Morgan fingerprint density at radius 1 is 0.939 bits per heavy atom. The van der Waals surface area contributed by atoms with Crippen LogP contribution in [0.4, 0.5) is 4.79 Å². The Hall–Kier alpha value is -2.90. The average Bonchev–Trinajstić information content (AvgIpc) is 3.09. The lowest BCUT2D eigenvalue weighted by atomic mass is 10.1. The summed E-state index contributed by atoms with van der Waals surface area (Å²) in [5.74, 6) is 0.104. The molecule has 33 heavy (non-hydrogen) atoms. The van der Waals surface area contributed by atoms with Crippen LogP contribution in [0.1, 0.15) is 27.9 Å². The van der Waals surface area contributed by atoms with E-state index >= 15 is 0 Å². The fourth-order valence-electron chi connectivity index (χ4n) is 4.42. The number of nitrogens with one attached hydrogen (secondary N) is 1. The lowest BCUT2D eigenvalue weighted by Crippen LogP contribution is -2.52. The van der Waals surface area contributed by atoms with E-state index in [0.717, 1.165) is 49.3 Å². The van der Waals surface area contributed by atoms with Crippen molar-refractivity contribution in [1.29, 1.82) is 0 Å². The zero-order chi connectivity index (χ0) is 23.0. The fourth-order valence-corrected chi connectivity index (χ4v) is 4.42. The maximum Gasteiger partial charge on any atom is 0.317 e. The van der Waals surface area contributed by atoms with Crippen LogP contribution in [-0.2, 0) is 11.3 Å². The highest BCUT2D eigenvalue weighted by Crippen LogP contribution is 2.13. The van der Waals surface area contributed by atoms with Crippen molar-refractivity contribution >= 4 is 11.9 Å². The molecule has 0 radical (unpaired) electrons. The minimum atomic E-state index is -0.0436. The van der Waals surface area contributed by atoms with Crippen LogP contribution < -0.4 is 5.32 Å². The largest absolute Gasteiger partial charge is 0.373 e. The number of morpholine rings is 1. The third-order valence-corrected chi connectivity index (χ3v) is 6.35. The van der Waals surface area contributed by atoms with Crippen molar-refractivity contribution in [2.24, 2.45) is 0 Å². The van der Waals surface area contributed by atoms with Crippen molar-refractivity contribution in [3.05, 3.63) is 71.3 Å². The average molecular weight is 451 g/mol. The van der Waals surface area contributed by atoms with Gasteiger partial charge >= 0.3 is 6.03 Å². The van der Waals surface area contributed by atoms with Gasteiger partial charge in [-0.3, -0.25) is 9.69 Å². The predicted molar refractivity (Wildman–Crippen MR) is 128 cm³/mol. The number of hydrogen-bond acceptors (Lipinski definition) is 4. The fraction of sp³-hybridized carbons (Fsp3) is 0.462. The molecule has 7 nitrogen and oxygen atoms in total. The van der Waals surface area contributed by atoms with E-state index in [1.54, 1.807) is 0 Å². The molecule has 0 aliphatic carbocycles. The summed E-state index contributed by atoms with van der Waals surface area (Å²) < 4.78 is 5.98. The molecule has 2 heterocycles. The molecule has 176 valence electrons. The molecule has 2 aromatic rings. The maximum absolute atomic E-state index is 12.9. The summed E-state index contributed by atoms with van der Waals surface area (Å²) in [4.78, 5) is 31.7. The molecule has 2 aliphatic rings. The Morgan fingerprint density at radius 2 is 1.73 bits per heavy atom. The summed E-state index contributed by atoms with van der Waals surface area (Å²) in [6.45, 7) is 8.29. The molecule has 0 unspecified atom stereocenters. The predicted octanol–water partition coefficient (Wildman–Crippen LogP) is 2.75. The van der Waals surface area contributed by atoms with Crippen molar-refractivity contribution in [3.63, 3.8) is 0 Å². The van der Waals surface area contributed by atoms with Gasteiger partial charge in [-0.15, -0.1) is 0 Å². The molecular formula is C26H34N4O3. The van der Waals surface area contributed by atoms with Gasteiger partial charge in [0.1, 0.15) is 0 Å². The summed E-state index contributed by atoms with van der Waals surface area (Å²) in [6, 6.07) is 17.7. The van der Waals surface area contributed by atoms with Crippen LogP contribution in [0.3, 0.4) is 0 Å². The second-order valence-corrected chi connectivity index (χ2v) is 8.90. The SMILES string of the molecule is Cc1ccc(C(=O)N2CCCN(C[C@H]3CN(C(=O)NCc4ccccc4)CCO3)CC2)cc1. The van der Waals surface area contributed by atoms with Crippen LogP contribution in [0.2, 0.25) is 0 Å². The molecule has 0 aromatic heterocycles. The number of carbonyl (C=O) groups is 2. The van der Waals surface area contributed by atoms with E-state index < -0.39 is 0 Å². The second-order valence-electron chi connectivity index (χ2n) is 8.90. The van der Waals surface area contributed by atoms with E-state index in [9.17, 15) is 9.59 Å². The molecule has 1 atom stereocenters. The Morgan fingerprint density at radius 3 is 2.52 bits per heavy atom. The smallest absolute Gasteiger partial charge is 0.317 e. The summed E-state index contributed by atoms with van der Waals surface area (Å²) in [7, 11) is 0. The molecular weight excluding hydrogens is 416 g/mol. The van der Waals surface area contributed by atoms with E-state index in [-0.39, 0.29) is 18.0 Å². The molecule has 0 bridgehead atoms. The molecule has 4 rings (SSSR count). The maximum atomic E-state index is 12.9. The van der Waals surface area contributed by atoms with Gasteiger partial charge in [-0.05, 0) is 37.6 Å². The molecule has 2 fully saturated rings. The van der Waals surface area contributed by atoms with Crippen LogP contribution in [0.15, 0.2) is 54.6 Å². The zero-order valence-corrected chi connectivity index (χ0v) is 19.4. The van der Waals surface area contributed by atoms with Crippen molar-refractivity contribution < 1.29 is 14.3 Å². The molecule has 0 spiro atoms. The van der Waals surface area contributed by atoms with Crippen LogP contribution in [0.25, 0.3) is 0 Å². The topological polar surface area (TPSA) is 65.1 Å². The summed E-state index contributed by atoms with van der Waals surface area (Å²) >= 11 is 0. The van der Waals surface area contributed by atoms with E-state index in [1.807, 2.05) is 71.3 Å². The van der Waals surface area contributed by atoms with Gasteiger partial charge in [0.2, 0.25) is 0 Å². The highest BCUT2D eigenvalue weighted by Gasteiger charge is 2.27. The lowest BCUT2D eigenvalue weighted by Gasteiger charge is -2.35. The third-order valence-electron chi connectivity index (χ3n) is 6.35. The number of benzene rings is 2. The molecule has 2 aliphatic heterocycles. The number of rotatable bonds is 5. The van der Waals surface area contributed by atoms with E-state index in [1.165, 1.54) is 0 Å². The highest BCUT2D eigenvalue weighted by molar-refractivity contribution is 5.94. The Kier molecular flexibility index (Phi) is 7.96. The highest BCUT2D eigenvalue weighted by atomic mass is 16.5. The second kappa shape index (κ2) is 11.3. The van der Waals surface area contributed by atoms with Crippen molar-refractivity contribution in [3.8, 4) is 0 Å². The number of amides is 3. The Labute approximate surface area is 196 Å². The van der Waals surface area contributed by atoms with Gasteiger partial charge in [0.25, 0.3) is 5.91 Å². The minimum absolute atomic E-state index is 0.0134. The van der Waals surface area contributed by atoms with Crippen molar-refractivity contribution in [2.75, 3.05) is 52.4 Å². The third kappa shape index (κ3) is 6.55. The van der Waals surface area contributed by atoms with Crippen molar-refractivity contribution in [1.82, 2.24) is 20.0 Å². The number of carbonyl (C=O) groups excluding carboxylic acids is 2. The van der Waals surface area contributed by atoms with Gasteiger partial charge in [-0.1, -0.05) is 48.0 Å². The zero-order valence-electron chi connectivity index (χ0n) is 19.4. The number of hydrogen-bond donors (Lipinski definition) is 1. The first-order valence-corrected chi connectivity index (χ1v) is 11.8. The lowest BCUT2D eigenvalue weighted by molar-refractivity contribution is -0.0299.